The molecule has 0 saturated heterocycles. The van der Waals surface area contributed by atoms with Gasteiger partial charge in [0.05, 0.1) is 6.61 Å². The van der Waals surface area contributed by atoms with Crippen molar-refractivity contribution in [3.05, 3.63) is 77.9 Å². The van der Waals surface area contributed by atoms with Gasteiger partial charge in [0.1, 0.15) is 0 Å². The summed E-state index contributed by atoms with van der Waals surface area (Å²) in [5, 5.41) is 0. The van der Waals surface area contributed by atoms with E-state index in [4.69, 9.17) is 4.74 Å². The minimum Gasteiger partial charge on any atom is -0.377 e. The normalized spacial score (nSPS) is 11.0. The van der Waals surface area contributed by atoms with Crippen LogP contribution in [0.5, 0.6) is 0 Å². The van der Waals surface area contributed by atoms with Crippen molar-refractivity contribution in [1.29, 1.82) is 0 Å². The molecule has 0 amide bonds. The van der Waals surface area contributed by atoms with E-state index in [0.717, 1.165) is 26.1 Å². The highest BCUT2D eigenvalue weighted by Gasteiger charge is 1.92. The Morgan fingerprint density at radius 1 is 0.800 bits per heavy atom. The SMILES string of the molecule is C(=C\c1ccccc1)/CCCCOCc1ccccc1. The Hall–Kier alpha value is -1.86. The highest BCUT2D eigenvalue weighted by molar-refractivity contribution is 5.48. The summed E-state index contributed by atoms with van der Waals surface area (Å²) < 4.78 is 5.66. The third-order valence-electron chi connectivity index (χ3n) is 3.13. The van der Waals surface area contributed by atoms with Gasteiger partial charge in [0.2, 0.25) is 0 Å². The Bertz CT molecular complexity index is 488. The van der Waals surface area contributed by atoms with Crippen LogP contribution in [0.15, 0.2) is 66.7 Å². The lowest BCUT2D eigenvalue weighted by molar-refractivity contribution is 0.117. The largest absolute Gasteiger partial charge is 0.377 e. The molecular formula is C19H22O. The first-order chi connectivity index (χ1) is 9.95. The molecule has 0 fully saturated rings. The number of benzene rings is 2. The third-order valence-corrected chi connectivity index (χ3v) is 3.13. The average molecular weight is 266 g/mol. The minimum absolute atomic E-state index is 0.723. The molecule has 0 aromatic heterocycles. The van der Waals surface area contributed by atoms with E-state index in [1.165, 1.54) is 17.5 Å². The summed E-state index contributed by atoms with van der Waals surface area (Å²) in [5.74, 6) is 0. The van der Waals surface area contributed by atoms with Gasteiger partial charge < -0.3 is 4.74 Å². The van der Waals surface area contributed by atoms with Crippen molar-refractivity contribution in [3.8, 4) is 0 Å². The number of allylic oxidation sites excluding steroid dienone is 1. The quantitative estimate of drug-likeness (QED) is 0.605. The van der Waals surface area contributed by atoms with Gasteiger partial charge >= 0.3 is 0 Å². The zero-order valence-corrected chi connectivity index (χ0v) is 11.9. The zero-order chi connectivity index (χ0) is 13.9. The van der Waals surface area contributed by atoms with Crippen LogP contribution in [0.25, 0.3) is 6.08 Å². The molecule has 2 rings (SSSR count). The molecule has 2 aromatic carbocycles. The summed E-state index contributed by atoms with van der Waals surface area (Å²) in [4.78, 5) is 0. The second-order valence-electron chi connectivity index (χ2n) is 4.85. The molecule has 0 aliphatic heterocycles. The molecule has 1 heteroatoms. The van der Waals surface area contributed by atoms with Crippen LogP contribution in [0, 0.1) is 0 Å². The Morgan fingerprint density at radius 2 is 1.50 bits per heavy atom. The van der Waals surface area contributed by atoms with Crippen molar-refractivity contribution < 1.29 is 4.74 Å². The van der Waals surface area contributed by atoms with Gasteiger partial charge in [0.15, 0.2) is 0 Å². The van der Waals surface area contributed by atoms with Crippen molar-refractivity contribution in [3.63, 3.8) is 0 Å². The molecule has 0 saturated carbocycles. The molecule has 2 aromatic rings. The molecule has 0 aliphatic carbocycles. The van der Waals surface area contributed by atoms with E-state index in [9.17, 15) is 0 Å². The monoisotopic (exact) mass is 266 g/mol. The van der Waals surface area contributed by atoms with E-state index in [1.807, 2.05) is 24.3 Å². The van der Waals surface area contributed by atoms with Crippen molar-refractivity contribution >= 4 is 6.08 Å². The number of unbranched alkanes of at least 4 members (excludes halogenated alkanes) is 2. The van der Waals surface area contributed by atoms with E-state index >= 15 is 0 Å². The smallest absolute Gasteiger partial charge is 0.0716 e. The number of hydrogen-bond donors (Lipinski definition) is 0. The van der Waals surface area contributed by atoms with Gasteiger partial charge in [-0.05, 0) is 30.4 Å². The molecule has 0 atom stereocenters. The molecule has 0 radical (unpaired) electrons. The van der Waals surface area contributed by atoms with Crippen molar-refractivity contribution in [2.45, 2.75) is 25.9 Å². The molecule has 1 nitrogen and oxygen atoms in total. The molecule has 0 heterocycles. The van der Waals surface area contributed by atoms with E-state index < -0.39 is 0 Å². The summed E-state index contributed by atoms with van der Waals surface area (Å²) in [7, 11) is 0. The van der Waals surface area contributed by atoms with Crippen LogP contribution in [-0.2, 0) is 11.3 Å². The Balaban J connectivity index is 1.51. The predicted octanol–water partition coefficient (Wildman–Crippen LogP) is 5.09. The van der Waals surface area contributed by atoms with Crippen molar-refractivity contribution in [2.24, 2.45) is 0 Å². The topological polar surface area (TPSA) is 9.23 Å². The van der Waals surface area contributed by atoms with Crippen LogP contribution in [0.4, 0.5) is 0 Å². The summed E-state index contributed by atoms with van der Waals surface area (Å²) >= 11 is 0. The fourth-order valence-corrected chi connectivity index (χ4v) is 2.01. The van der Waals surface area contributed by atoms with Gasteiger partial charge in [-0.25, -0.2) is 0 Å². The van der Waals surface area contributed by atoms with Gasteiger partial charge in [-0.2, -0.15) is 0 Å². The van der Waals surface area contributed by atoms with Gasteiger partial charge in [0.25, 0.3) is 0 Å². The standard InChI is InChI=1S/C19H22O/c1(5-11-18-12-6-3-7-13-18)2-10-16-20-17-19-14-8-4-9-15-19/h3-9,11-15H,1-2,10,16-17H2/b11-5+. The predicted molar refractivity (Wildman–Crippen MR) is 85.4 cm³/mol. The zero-order valence-electron chi connectivity index (χ0n) is 11.9. The Kier molecular flexibility index (Phi) is 6.63. The van der Waals surface area contributed by atoms with E-state index in [1.54, 1.807) is 0 Å². The first-order valence-corrected chi connectivity index (χ1v) is 7.28. The van der Waals surface area contributed by atoms with Gasteiger partial charge in [-0.3, -0.25) is 0 Å². The summed E-state index contributed by atoms with van der Waals surface area (Å²) in [6.07, 6.45) is 7.84. The Labute approximate surface area is 121 Å². The first-order valence-electron chi connectivity index (χ1n) is 7.28. The van der Waals surface area contributed by atoms with Gasteiger partial charge in [-0.15, -0.1) is 0 Å². The molecule has 0 aliphatic rings. The van der Waals surface area contributed by atoms with Crippen LogP contribution in [0.3, 0.4) is 0 Å². The van der Waals surface area contributed by atoms with E-state index in [2.05, 4.69) is 48.6 Å². The lowest BCUT2D eigenvalue weighted by Gasteiger charge is -2.03. The van der Waals surface area contributed by atoms with Crippen molar-refractivity contribution in [2.75, 3.05) is 6.61 Å². The molecular weight excluding hydrogens is 244 g/mol. The van der Waals surface area contributed by atoms with Crippen LogP contribution in [0.1, 0.15) is 30.4 Å². The average Bonchev–Trinajstić information content (AvgIpc) is 2.52. The lowest BCUT2D eigenvalue weighted by Crippen LogP contribution is -1.95. The van der Waals surface area contributed by atoms with Crippen molar-refractivity contribution in [1.82, 2.24) is 0 Å². The van der Waals surface area contributed by atoms with Crippen LogP contribution in [-0.4, -0.2) is 6.61 Å². The van der Waals surface area contributed by atoms with Gasteiger partial charge in [-0.1, -0.05) is 72.8 Å². The van der Waals surface area contributed by atoms with Crippen LogP contribution in [0.2, 0.25) is 0 Å². The highest BCUT2D eigenvalue weighted by atomic mass is 16.5. The molecule has 0 unspecified atom stereocenters. The maximum absolute atomic E-state index is 5.66. The Morgan fingerprint density at radius 3 is 2.25 bits per heavy atom. The summed E-state index contributed by atoms with van der Waals surface area (Å²) in [5.41, 5.74) is 2.52. The molecule has 0 spiro atoms. The minimum atomic E-state index is 0.723. The van der Waals surface area contributed by atoms with Gasteiger partial charge in [0, 0.05) is 6.61 Å². The maximum Gasteiger partial charge on any atom is 0.0716 e. The third kappa shape index (κ3) is 5.85. The fraction of sp³-hybridized carbons (Fsp3) is 0.263. The van der Waals surface area contributed by atoms with E-state index in [-0.39, 0.29) is 0 Å². The number of rotatable bonds is 8. The molecule has 20 heavy (non-hydrogen) atoms. The van der Waals surface area contributed by atoms with Crippen LogP contribution < -0.4 is 0 Å². The lowest BCUT2D eigenvalue weighted by atomic mass is 10.1. The van der Waals surface area contributed by atoms with E-state index in [0.29, 0.717) is 0 Å². The summed E-state index contributed by atoms with van der Waals surface area (Å²) in [6.45, 7) is 1.56. The second kappa shape index (κ2) is 9.11. The molecule has 104 valence electrons. The number of hydrogen-bond acceptors (Lipinski definition) is 1. The highest BCUT2D eigenvalue weighted by Crippen LogP contribution is 2.05. The number of ether oxygens (including phenoxy) is 1. The maximum atomic E-state index is 5.66. The molecule has 0 N–H and O–H groups in total. The molecule has 0 bridgehead atoms. The summed E-state index contributed by atoms with van der Waals surface area (Å²) in [6, 6.07) is 20.8. The van der Waals surface area contributed by atoms with Crippen LogP contribution >= 0.6 is 0 Å². The second-order valence-corrected chi connectivity index (χ2v) is 4.85. The fourth-order valence-electron chi connectivity index (χ4n) is 2.01. The first kappa shape index (κ1) is 14.5.